The molecule has 1 aromatic heterocycles. The topological polar surface area (TPSA) is 29.0 Å². The predicted molar refractivity (Wildman–Crippen MR) is 81.4 cm³/mol. The van der Waals surface area contributed by atoms with Crippen molar-refractivity contribution in [2.45, 2.75) is 13.0 Å². The summed E-state index contributed by atoms with van der Waals surface area (Å²) >= 11 is 5.91. The average Bonchev–Trinajstić information content (AvgIpc) is 2.49. The van der Waals surface area contributed by atoms with E-state index < -0.39 is 0 Å². The third-order valence-corrected chi connectivity index (χ3v) is 3.66. The zero-order valence-electron chi connectivity index (χ0n) is 11.2. The molecule has 3 nitrogen and oxygen atoms in total. The van der Waals surface area contributed by atoms with Crippen LogP contribution in [0.5, 0.6) is 0 Å². The van der Waals surface area contributed by atoms with Gasteiger partial charge in [0.2, 0.25) is 0 Å². The molecule has 3 rings (SSSR count). The molecule has 0 saturated carbocycles. The molecule has 1 aliphatic rings. The van der Waals surface area contributed by atoms with Crippen LogP contribution in [0, 0.1) is 0 Å². The third kappa shape index (κ3) is 3.24. The molecule has 0 bridgehead atoms. The van der Waals surface area contributed by atoms with Crippen LogP contribution in [-0.2, 0) is 6.54 Å². The smallest absolute Gasteiger partial charge is 0.156 e. The van der Waals surface area contributed by atoms with Gasteiger partial charge in [-0.05, 0) is 23.6 Å². The fraction of sp³-hybridized carbons (Fsp3) is 0.250. The minimum absolute atomic E-state index is 0.502. The lowest BCUT2D eigenvalue weighted by Crippen LogP contribution is -2.28. The molecule has 0 unspecified atom stereocenters. The summed E-state index contributed by atoms with van der Waals surface area (Å²) in [4.78, 5) is 11.0. The lowest BCUT2D eigenvalue weighted by Gasteiger charge is -2.25. The fourth-order valence-electron chi connectivity index (χ4n) is 2.39. The van der Waals surface area contributed by atoms with Crippen LogP contribution in [0.15, 0.2) is 48.7 Å². The minimum atomic E-state index is 0.502. The van der Waals surface area contributed by atoms with Crippen LogP contribution in [0.4, 0.5) is 0 Å². The standard InChI is InChI=1S/C16H16ClN3/c17-15-6-9-18-16(19-15)14-7-10-20(11-8-14)12-13-4-2-1-3-5-13/h1-7,9H,8,10-12H2. The highest BCUT2D eigenvalue weighted by atomic mass is 35.5. The highest BCUT2D eigenvalue weighted by molar-refractivity contribution is 6.29. The second kappa shape index (κ2) is 6.16. The molecule has 0 N–H and O–H groups in total. The van der Waals surface area contributed by atoms with Crippen LogP contribution in [0.1, 0.15) is 17.8 Å². The van der Waals surface area contributed by atoms with E-state index in [1.54, 1.807) is 12.3 Å². The highest BCUT2D eigenvalue weighted by Crippen LogP contribution is 2.21. The van der Waals surface area contributed by atoms with Crippen LogP contribution in [0.2, 0.25) is 5.15 Å². The van der Waals surface area contributed by atoms with Gasteiger partial charge in [0.05, 0.1) is 0 Å². The maximum Gasteiger partial charge on any atom is 0.156 e. The first-order valence-electron chi connectivity index (χ1n) is 6.75. The molecule has 102 valence electrons. The second-order valence-electron chi connectivity index (χ2n) is 4.90. The van der Waals surface area contributed by atoms with Gasteiger partial charge in [-0.3, -0.25) is 4.90 Å². The summed E-state index contributed by atoms with van der Waals surface area (Å²) in [6.45, 7) is 2.94. The van der Waals surface area contributed by atoms with Gasteiger partial charge in [0, 0.05) is 25.8 Å². The largest absolute Gasteiger partial charge is 0.295 e. The predicted octanol–water partition coefficient (Wildman–Crippen LogP) is 3.42. The van der Waals surface area contributed by atoms with Crippen LogP contribution in [0.3, 0.4) is 0 Å². The Bertz CT molecular complexity index is 610. The molecule has 1 aliphatic heterocycles. The Balaban J connectivity index is 1.66. The van der Waals surface area contributed by atoms with Gasteiger partial charge in [0.25, 0.3) is 0 Å². The molecule has 2 heterocycles. The number of halogens is 1. The van der Waals surface area contributed by atoms with Gasteiger partial charge in [-0.15, -0.1) is 0 Å². The van der Waals surface area contributed by atoms with Crippen molar-refractivity contribution in [1.29, 1.82) is 0 Å². The summed E-state index contributed by atoms with van der Waals surface area (Å²) in [6.07, 6.45) is 4.88. The molecule has 0 spiro atoms. The van der Waals surface area contributed by atoms with E-state index in [1.807, 2.05) is 6.07 Å². The summed E-state index contributed by atoms with van der Waals surface area (Å²) < 4.78 is 0. The van der Waals surface area contributed by atoms with Crippen molar-refractivity contribution in [1.82, 2.24) is 14.9 Å². The maximum absolute atomic E-state index is 5.91. The fourth-order valence-corrected chi connectivity index (χ4v) is 2.53. The van der Waals surface area contributed by atoms with Crippen molar-refractivity contribution in [2.75, 3.05) is 13.1 Å². The van der Waals surface area contributed by atoms with Gasteiger partial charge in [0.15, 0.2) is 5.82 Å². The zero-order chi connectivity index (χ0) is 13.8. The van der Waals surface area contributed by atoms with E-state index in [0.29, 0.717) is 5.15 Å². The Hall–Kier alpha value is -1.71. The summed E-state index contributed by atoms with van der Waals surface area (Å²) in [5.74, 6) is 0.761. The number of hydrogen-bond acceptors (Lipinski definition) is 3. The highest BCUT2D eigenvalue weighted by Gasteiger charge is 2.14. The first kappa shape index (κ1) is 13.3. The molecule has 2 aromatic rings. The van der Waals surface area contributed by atoms with Crippen molar-refractivity contribution < 1.29 is 0 Å². The van der Waals surface area contributed by atoms with Gasteiger partial charge in [0.1, 0.15) is 5.15 Å². The lowest BCUT2D eigenvalue weighted by molar-refractivity contribution is 0.293. The molecule has 0 radical (unpaired) electrons. The van der Waals surface area contributed by atoms with Gasteiger partial charge in [-0.2, -0.15) is 0 Å². The van der Waals surface area contributed by atoms with Crippen LogP contribution < -0.4 is 0 Å². The zero-order valence-corrected chi connectivity index (χ0v) is 11.9. The van der Waals surface area contributed by atoms with Crippen LogP contribution in [0.25, 0.3) is 5.57 Å². The van der Waals surface area contributed by atoms with E-state index in [9.17, 15) is 0 Å². The lowest BCUT2D eigenvalue weighted by atomic mass is 10.1. The molecule has 0 fully saturated rings. The van der Waals surface area contributed by atoms with E-state index in [-0.39, 0.29) is 0 Å². The third-order valence-electron chi connectivity index (χ3n) is 3.45. The van der Waals surface area contributed by atoms with E-state index >= 15 is 0 Å². The van der Waals surface area contributed by atoms with E-state index in [1.165, 1.54) is 11.1 Å². The number of nitrogens with zero attached hydrogens (tertiary/aromatic N) is 3. The van der Waals surface area contributed by atoms with Gasteiger partial charge >= 0.3 is 0 Å². The van der Waals surface area contributed by atoms with Crippen molar-refractivity contribution in [3.63, 3.8) is 0 Å². The molecule has 0 saturated heterocycles. The number of benzene rings is 1. The molecular formula is C16H16ClN3. The Labute approximate surface area is 123 Å². The van der Waals surface area contributed by atoms with E-state index in [4.69, 9.17) is 11.6 Å². The quantitative estimate of drug-likeness (QED) is 0.809. The average molecular weight is 286 g/mol. The molecular weight excluding hydrogens is 270 g/mol. The van der Waals surface area contributed by atoms with Crippen LogP contribution >= 0.6 is 11.6 Å². The SMILES string of the molecule is Clc1ccnc(C2=CCN(Cc3ccccc3)CC2)n1. The summed E-state index contributed by atoms with van der Waals surface area (Å²) in [5.41, 5.74) is 2.54. The first-order chi connectivity index (χ1) is 9.81. The van der Waals surface area contributed by atoms with E-state index in [2.05, 4.69) is 45.2 Å². The van der Waals surface area contributed by atoms with Crippen molar-refractivity contribution in [3.05, 3.63) is 65.2 Å². The summed E-state index contributed by atoms with van der Waals surface area (Å²) in [7, 11) is 0. The summed E-state index contributed by atoms with van der Waals surface area (Å²) in [6, 6.07) is 12.3. The van der Waals surface area contributed by atoms with Crippen molar-refractivity contribution in [3.8, 4) is 0 Å². The molecule has 4 heteroatoms. The van der Waals surface area contributed by atoms with Crippen LogP contribution in [-0.4, -0.2) is 28.0 Å². The Morgan fingerprint density at radius 3 is 2.70 bits per heavy atom. The second-order valence-corrected chi connectivity index (χ2v) is 5.29. The molecule has 0 atom stereocenters. The Morgan fingerprint density at radius 2 is 2.00 bits per heavy atom. The van der Waals surface area contributed by atoms with Gasteiger partial charge in [-0.25, -0.2) is 9.97 Å². The number of rotatable bonds is 3. The van der Waals surface area contributed by atoms with Crippen molar-refractivity contribution >= 4 is 17.2 Å². The Kier molecular flexibility index (Phi) is 4.09. The normalized spacial score (nSPS) is 15.9. The maximum atomic E-state index is 5.91. The monoisotopic (exact) mass is 285 g/mol. The van der Waals surface area contributed by atoms with Crippen molar-refractivity contribution in [2.24, 2.45) is 0 Å². The summed E-state index contributed by atoms with van der Waals surface area (Å²) in [5, 5.41) is 0.502. The Morgan fingerprint density at radius 1 is 1.15 bits per heavy atom. The van der Waals surface area contributed by atoms with Gasteiger partial charge in [-0.1, -0.05) is 48.0 Å². The molecule has 0 amide bonds. The number of aromatic nitrogens is 2. The van der Waals surface area contributed by atoms with Gasteiger partial charge < -0.3 is 0 Å². The molecule has 0 aliphatic carbocycles. The minimum Gasteiger partial charge on any atom is -0.295 e. The number of hydrogen-bond donors (Lipinski definition) is 0. The first-order valence-corrected chi connectivity index (χ1v) is 7.13. The molecule has 20 heavy (non-hydrogen) atoms. The molecule has 1 aromatic carbocycles. The van der Waals surface area contributed by atoms with E-state index in [0.717, 1.165) is 31.9 Å².